The molecule has 1 aromatic rings. The van der Waals surface area contributed by atoms with Gasteiger partial charge in [-0.05, 0) is 13.0 Å². The second-order valence-electron chi connectivity index (χ2n) is 3.77. The van der Waals surface area contributed by atoms with Gasteiger partial charge in [0.05, 0.1) is 12.0 Å². The number of rotatable bonds is 6. The summed E-state index contributed by atoms with van der Waals surface area (Å²) in [6, 6.07) is 0. The van der Waals surface area contributed by atoms with Crippen molar-refractivity contribution < 1.29 is 0 Å². The fourth-order valence-corrected chi connectivity index (χ4v) is 1.62. The monoisotopic (exact) mass is 195 g/mol. The van der Waals surface area contributed by atoms with Gasteiger partial charge in [-0.2, -0.15) is 0 Å². The molecule has 1 aromatic heterocycles. The van der Waals surface area contributed by atoms with Gasteiger partial charge < -0.3 is 9.88 Å². The molecule has 0 aliphatic carbocycles. The quantitative estimate of drug-likeness (QED) is 0.752. The molecule has 0 aliphatic rings. The largest absolute Gasteiger partial charge is 0.337 e. The van der Waals surface area contributed by atoms with Crippen LogP contribution < -0.4 is 5.32 Å². The number of nitrogens with zero attached hydrogens (tertiary/aromatic N) is 2. The molecule has 3 heteroatoms. The highest BCUT2D eigenvalue weighted by molar-refractivity contribution is 4.95. The number of hydrogen-bond donors (Lipinski definition) is 1. The van der Waals surface area contributed by atoms with E-state index in [2.05, 4.69) is 34.9 Å². The van der Waals surface area contributed by atoms with Crippen molar-refractivity contribution in [3.63, 3.8) is 0 Å². The SMILES string of the molecule is CCC(CC)Cn1cnc(CNC)c1. The predicted octanol–water partition coefficient (Wildman–Crippen LogP) is 2.04. The first-order valence-electron chi connectivity index (χ1n) is 5.45. The van der Waals surface area contributed by atoms with Gasteiger partial charge in [-0.25, -0.2) is 4.98 Å². The standard InChI is InChI=1S/C11H21N3/c1-4-10(5-2)7-14-8-11(6-12-3)13-9-14/h8-10,12H,4-7H2,1-3H3. The lowest BCUT2D eigenvalue weighted by molar-refractivity contribution is 0.418. The molecule has 0 bridgehead atoms. The van der Waals surface area contributed by atoms with E-state index in [-0.39, 0.29) is 0 Å². The summed E-state index contributed by atoms with van der Waals surface area (Å²) < 4.78 is 2.20. The predicted molar refractivity (Wildman–Crippen MR) is 59.1 cm³/mol. The van der Waals surface area contributed by atoms with Crippen molar-refractivity contribution in [2.24, 2.45) is 5.92 Å². The Morgan fingerprint density at radius 3 is 2.71 bits per heavy atom. The average molecular weight is 195 g/mol. The van der Waals surface area contributed by atoms with Crippen molar-refractivity contribution in [3.8, 4) is 0 Å². The summed E-state index contributed by atoms with van der Waals surface area (Å²) in [7, 11) is 1.94. The van der Waals surface area contributed by atoms with Gasteiger partial charge in [0.1, 0.15) is 0 Å². The number of nitrogens with one attached hydrogen (secondary N) is 1. The second kappa shape index (κ2) is 5.81. The maximum absolute atomic E-state index is 4.33. The molecular weight excluding hydrogens is 174 g/mol. The molecule has 0 unspecified atom stereocenters. The second-order valence-corrected chi connectivity index (χ2v) is 3.77. The summed E-state index contributed by atoms with van der Waals surface area (Å²) in [5, 5.41) is 3.10. The third kappa shape index (κ3) is 3.14. The van der Waals surface area contributed by atoms with Crippen LogP contribution in [-0.2, 0) is 13.1 Å². The zero-order chi connectivity index (χ0) is 10.4. The first-order chi connectivity index (χ1) is 6.80. The van der Waals surface area contributed by atoms with Crippen molar-refractivity contribution >= 4 is 0 Å². The van der Waals surface area contributed by atoms with Crippen molar-refractivity contribution in [2.75, 3.05) is 7.05 Å². The van der Waals surface area contributed by atoms with Crippen molar-refractivity contribution in [2.45, 2.75) is 39.8 Å². The molecule has 0 saturated carbocycles. The Kier molecular flexibility index (Phi) is 4.66. The van der Waals surface area contributed by atoms with E-state index in [0.717, 1.165) is 24.7 Å². The lowest BCUT2D eigenvalue weighted by Crippen LogP contribution is -2.08. The van der Waals surface area contributed by atoms with Crippen LogP contribution in [0.2, 0.25) is 0 Å². The average Bonchev–Trinajstić information content (AvgIpc) is 2.63. The van der Waals surface area contributed by atoms with Crippen LogP contribution in [0.1, 0.15) is 32.4 Å². The maximum Gasteiger partial charge on any atom is 0.0950 e. The molecule has 0 radical (unpaired) electrons. The van der Waals surface area contributed by atoms with Gasteiger partial charge in [0, 0.05) is 19.3 Å². The molecule has 0 aromatic carbocycles. The van der Waals surface area contributed by atoms with Crippen LogP contribution in [0.5, 0.6) is 0 Å². The first kappa shape index (κ1) is 11.2. The van der Waals surface area contributed by atoms with E-state index < -0.39 is 0 Å². The lowest BCUT2D eigenvalue weighted by atomic mass is 10.0. The van der Waals surface area contributed by atoms with Crippen LogP contribution in [-0.4, -0.2) is 16.6 Å². The number of aromatic nitrogens is 2. The number of imidazole rings is 1. The topological polar surface area (TPSA) is 29.9 Å². The van der Waals surface area contributed by atoms with Crippen LogP contribution in [0.4, 0.5) is 0 Å². The normalized spacial score (nSPS) is 11.1. The Morgan fingerprint density at radius 1 is 1.43 bits per heavy atom. The molecule has 1 rings (SSSR count). The minimum absolute atomic E-state index is 0.784. The van der Waals surface area contributed by atoms with Gasteiger partial charge >= 0.3 is 0 Å². The van der Waals surface area contributed by atoms with Crippen LogP contribution in [0, 0.1) is 5.92 Å². The van der Waals surface area contributed by atoms with E-state index >= 15 is 0 Å². The number of hydrogen-bond acceptors (Lipinski definition) is 2. The minimum Gasteiger partial charge on any atom is -0.337 e. The highest BCUT2D eigenvalue weighted by atomic mass is 15.0. The first-order valence-corrected chi connectivity index (χ1v) is 5.45. The van der Waals surface area contributed by atoms with Gasteiger partial charge in [0.25, 0.3) is 0 Å². The van der Waals surface area contributed by atoms with Gasteiger partial charge in [0.15, 0.2) is 0 Å². The highest BCUT2D eigenvalue weighted by Gasteiger charge is 2.05. The zero-order valence-electron chi connectivity index (χ0n) is 9.45. The molecule has 80 valence electrons. The van der Waals surface area contributed by atoms with Crippen molar-refractivity contribution in [3.05, 3.63) is 18.2 Å². The highest BCUT2D eigenvalue weighted by Crippen LogP contribution is 2.10. The smallest absolute Gasteiger partial charge is 0.0950 e. The molecule has 1 heterocycles. The third-order valence-electron chi connectivity index (χ3n) is 2.67. The van der Waals surface area contributed by atoms with Gasteiger partial charge in [-0.15, -0.1) is 0 Å². The minimum atomic E-state index is 0.784. The molecule has 0 amide bonds. The fraction of sp³-hybridized carbons (Fsp3) is 0.727. The third-order valence-corrected chi connectivity index (χ3v) is 2.67. The van der Waals surface area contributed by atoms with Crippen LogP contribution in [0.25, 0.3) is 0 Å². The summed E-state index contributed by atoms with van der Waals surface area (Å²) in [5.74, 6) is 0.784. The van der Waals surface area contributed by atoms with Crippen molar-refractivity contribution in [1.29, 1.82) is 0 Å². The zero-order valence-corrected chi connectivity index (χ0v) is 9.45. The molecule has 3 nitrogen and oxygen atoms in total. The Hall–Kier alpha value is -0.830. The Balaban J connectivity index is 2.49. The van der Waals surface area contributed by atoms with Gasteiger partial charge in [0.2, 0.25) is 0 Å². The lowest BCUT2D eigenvalue weighted by Gasteiger charge is -2.11. The summed E-state index contributed by atoms with van der Waals surface area (Å²) in [5.41, 5.74) is 1.12. The molecule has 1 N–H and O–H groups in total. The molecule has 0 aliphatic heterocycles. The van der Waals surface area contributed by atoms with E-state index in [1.165, 1.54) is 12.8 Å². The molecule has 0 atom stereocenters. The molecule has 14 heavy (non-hydrogen) atoms. The van der Waals surface area contributed by atoms with Crippen LogP contribution >= 0.6 is 0 Å². The van der Waals surface area contributed by atoms with Crippen LogP contribution in [0.15, 0.2) is 12.5 Å². The summed E-state index contributed by atoms with van der Waals surface area (Å²) in [4.78, 5) is 4.33. The maximum atomic E-state index is 4.33. The molecule has 0 saturated heterocycles. The van der Waals surface area contributed by atoms with E-state index in [4.69, 9.17) is 0 Å². The Bertz CT molecular complexity index is 251. The van der Waals surface area contributed by atoms with Crippen LogP contribution in [0.3, 0.4) is 0 Å². The summed E-state index contributed by atoms with van der Waals surface area (Å²) in [6.07, 6.45) is 6.56. The van der Waals surface area contributed by atoms with Crippen molar-refractivity contribution in [1.82, 2.24) is 14.9 Å². The molecule has 0 spiro atoms. The molecular formula is C11H21N3. The molecule has 0 fully saturated rings. The fourth-order valence-electron chi connectivity index (χ4n) is 1.62. The Labute approximate surface area is 86.5 Å². The Morgan fingerprint density at radius 2 is 2.14 bits per heavy atom. The summed E-state index contributed by atoms with van der Waals surface area (Å²) >= 11 is 0. The van der Waals surface area contributed by atoms with E-state index in [0.29, 0.717) is 0 Å². The van der Waals surface area contributed by atoms with E-state index in [1.54, 1.807) is 0 Å². The summed E-state index contributed by atoms with van der Waals surface area (Å²) in [6.45, 7) is 6.46. The van der Waals surface area contributed by atoms with E-state index in [9.17, 15) is 0 Å². The van der Waals surface area contributed by atoms with Gasteiger partial charge in [-0.1, -0.05) is 26.7 Å². The van der Waals surface area contributed by atoms with Gasteiger partial charge in [-0.3, -0.25) is 0 Å². The van der Waals surface area contributed by atoms with E-state index in [1.807, 2.05) is 13.4 Å².